The number of hydrogen-bond acceptors (Lipinski definition) is 6. The number of carboxylic acid groups (broad SMARTS) is 1. The molecule has 0 fully saturated rings. The SMILES string of the molecule is CC(C)(C)OC(=O)N(Cc1ccc(CC(=O)O)cc1)C[C@H](O[Si](C)(C)C(C)(C)C)c1ccc(O)c2[nH]c(=O)ccc12. The third-order valence-electron chi connectivity index (χ3n) is 7.29. The molecular weight excluding hydrogens is 540 g/mol. The average molecular weight is 583 g/mol. The summed E-state index contributed by atoms with van der Waals surface area (Å²) in [7, 11) is -2.40. The van der Waals surface area contributed by atoms with Crippen molar-refractivity contribution < 1.29 is 29.0 Å². The minimum atomic E-state index is -2.40. The van der Waals surface area contributed by atoms with E-state index in [9.17, 15) is 19.5 Å². The number of ether oxygens (including phenoxy) is 1. The minimum Gasteiger partial charge on any atom is -0.506 e. The Bertz CT molecular complexity index is 1450. The molecule has 3 N–H and O–H groups in total. The first-order valence-corrected chi connectivity index (χ1v) is 16.6. The molecule has 41 heavy (non-hydrogen) atoms. The number of phenolic OH excluding ortho intramolecular Hbond substituents is 1. The topological polar surface area (TPSA) is 129 Å². The van der Waals surface area contributed by atoms with Crippen molar-refractivity contribution in [1.29, 1.82) is 0 Å². The third-order valence-corrected chi connectivity index (χ3v) is 11.8. The Labute approximate surface area is 242 Å². The number of phenols is 1. The Balaban J connectivity index is 2.10. The number of aromatic amines is 1. The highest BCUT2D eigenvalue weighted by atomic mass is 28.4. The molecule has 3 aromatic rings. The highest BCUT2D eigenvalue weighted by Crippen LogP contribution is 2.41. The first-order chi connectivity index (χ1) is 18.9. The van der Waals surface area contributed by atoms with E-state index in [1.807, 2.05) is 0 Å². The van der Waals surface area contributed by atoms with Gasteiger partial charge < -0.3 is 29.3 Å². The fourth-order valence-corrected chi connectivity index (χ4v) is 5.43. The van der Waals surface area contributed by atoms with Crippen molar-refractivity contribution in [3.63, 3.8) is 0 Å². The van der Waals surface area contributed by atoms with E-state index >= 15 is 0 Å². The molecule has 1 heterocycles. The van der Waals surface area contributed by atoms with Crippen LogP contribution in [0.2, 0.25) is 18.1 Å². The van der Waals surface area contributed by atoms with Crippen LogP contribution in [0.1, 0.15) is 64.3 Å². The fourth-order valence-electron chi connectivity index (χ4n) is 4.16. The molecule has 0 spiro atoms. The van der Waals surface area contributed by atoms with E-state index < -0.39 is 32.1 Å². The van der Waals surface area contributed by atoms with Crippen LogP contribution in [0, 0.1) is 0 Å². The van der Waals surface area contributed by atoms with Gasteiger partial charge in [-0.15, -0.1) is 0 Å². The summed E-state index contributed by atoms with van der Waals surface area (Å²) < 4.78 is 12.7. The molecular formula is C31H42N2O7Si. The van der Waals surface area contributed by atoms with Crippen LogP contribution in [0.4, 0.5) is 4.79 Å². The van der Waals surface area contributed by atoms with E-state index in [-0.39, 0.29) is 35.9 Å². The second kappa shape index (κ2) is 12.1. The van der Waals surface area contributed by atoms with Crippen molar-refractivity contribution in [2.75, 3.05) is 6.54 Å². The maximum absolute atomic E-state index is 13.6. The van der Waals surface area contributed by atoms with E-state index in [1.54, 1.807) is 62.1 Å². The second-order valence-electron chi connectivity index (χ2n) is 12.9. The summed E-state index contributed by atoms with van der Waals surface area (Å²) in [6.45, 7) is 16.4. The number of carboxylic acids is 1. The van der Waals surface area contributed by atoms with Crippen molar-refractivity contribution in [3.05, 3.63) is 75.6 Å². The van der Waals surface area contributed by atoms with Crippen LogP contribution in [0.3, 0.4) is 0 Å². The van der Waals surface area contributed by atoms with E-state index in [4.69, 9.17) is 14.3 Å². The first kappa shape index (κ1) is 31.9. The predicted molar refractivity (Wildman–Crippen MR) is 162 cm³/mol. The van der Waals surface area contributed by atoms with Crippen LogP contribution in [0.5, 0.6) is 5.75 Å². The first-order valence-electron chi connectivity index (χ1n) is 13.7. The Morgan fingerprint density at radius 1 is 0.951 bits per heavy atom. The molecule has 2 aromatic carbocycles. The van der Waals surface area contributed by atoms with Crippen molar-refractivity contribution >= 4 is 31.3 Å². The average Bonchev–Trinajstić information content (AvgIpc) is 2.82. The summed E-state index contributed by atoms with van der Waals surface area (Å²) in [5, 5.41) is 20.1. The monoisotopic (exact) mass is 582 g/mol. The minimum absolute atomic E-state index is 0.0574. The number of rotatable bonds is 9. The van der Waals surface area contributed by atoms with Gasteiger partial charge in [-0.3, -0.25) is 9.59 Å². The largest absolute Gasteiger partial charge is 0.506 e. The molecule has 1 aromatic heterocycles. The van der Waals surface area contributed by atoms with Crippen molar-refractivity contribution in [2.45, 2.75) is 84.3 Å². The number of H-pyrrole nitrogens is 1. The van der Waals surface area contributed by atoms with Gasteiger partial charge in [0.05, 0.1) is 24.6 Å². The number of hydrogen-bond donors (Lipinski definition) is 3. The number of pyridine rings is 1. The van der Waals surface area contributed by atoms with E-state index in [2.05, 4.69) is 38.8 Å². The van der Waals surface area contributed by atoms with Gasteiger partial charge >= 0.3 is 12.1 Å². The van der Waals surface area contributed by atoms with Crippen molar-refractivity contribution in [3.8, 4) is 5.75 Å². The van der Waals surface area contributed by atoms with Gasteiger partial charge in [0.2, 0.25) is 5.56 Å². The summed E-state index contributed by atoms with van der Waals surface area (Å²) in [5.74, 6) is -0.973. The summed E-state index contributed by atoms with van der Waals surface area (Å²) in [6.07, 6.45) is -1.22. The molecule has 0 bridgehead atoms. The number of aromatic nitrogens is 1. The number of benzene rings is 2. The van der Waals surface area contributed by atoms with E-state index in [0.717, 1.165) is 11.1 Å². The normalized spacial score (nSPS) is 13.2. The molecule has 9 nitrogen and oxygen atoms in total. The molecule has 0 aliphatic rings. The Morgan fingerprint density at radius 2 is 1.56 bits per heavy atom. The van der Waals surface area contributed by atoms with Gasteiger partial charge in [-0.2, -0.15) is 0 Å². The van der Waals surface area contributed by atoms with Crippen LogP contribution < -0.4 is 5.56 Å². The lowest BCUT2D eigenvalue weighted by Gasteiger charge is -2.41. The van der Waals surface area contributed by atoms with Gasteiger partial charge in [-0.05, 0) is 67.7 Å². The van der Waals surface area contributed by atoms with Gasteiger partial charge in [0.15, 0.2) is 8.32 Å². The Kier molecular flexibility index (Phi) is 9.39. The van der Waals surface area contributed by atoms with Gasteiger partial charge in [-0.25, -0.2) is 4.79 Å². The third kappa shape index (κ3) is 8.43. The number of fused-ring (bicyclic) bond motifs is 1. The quantitative estimate of drug-likeness (QED) is 0.250. The summed E-state index contributed by atoms with van der Waals surface area (Å²) >= 11 is 0. The van der Waals surface area contributed by atoms with E-state index in [0.29, 0.717) is 16.5 Å². The highest BCUT2D eigenvalue weighted by Gasteiger charge is 2.41. The molecule has 10 heteroatoms. The van der Waals surface area contributed by atoms with Crippen LogP contribution in [0.25, 0.3) is 10.9 Å². The maximum Gasteiger partial charge on any atom is 0.410 e. The highest BCUT2D eigenvalue weighted by molar-refractivity contribution is 6.74. The number of carbonyl (C=O) groups excluding carboxylic acids is 1. The number of aliphatic carboxylic acids is 1. The van der Waals surface area contributed by atoms with Gasteiger partial charge in [0.1, 0.15) is 11.4 Å². The van der Waals surface area contributed by atoms with Crippen LogP contribution in [0.15, 0.2) is 53.3 Å². The lowest BCUT2D eigenvalue weighted by atomic mass is 10.0. The van der Waals surface area contributed by atoms with Crippen molar-refractivity contribution in [2.24, 2.45) is 0 Å². The van der Waals surface area contributed by atoms with Crippen molar-refractivity contribution in [1.82, 2.24) is 9.88 Å². The van der Waals surface area contributed by atoms with E-state index in [1.165, 1.54) is 12.1 Å². The van der Waals surface area contributed by atoms with Crippen LogP contribution in [-0.2, 0) is 26.9 Å². The zero-order chi connectivity index (χ0) is 30.8. The zero-order valence-electron chi connectivity index (χ0n) is 25.2. The van der Waals surface area contributed by atoms with Crippen LogP contribution in [-0.4, -0.2) is 52.6 Å². The molecule has 0 aliphatic carbocycles. The molecule has 0 saturated carbocycles. The van der Waals surface area contributed by atoms with Gasteiger partial charge in [-0.1, -0.05) is 51.1 Å². The maximum atomic E-state index is 13.6. The van der Waals surface area contributed by atoms with Gasteiger partial charge in [0, 0.05) is 18.0 Å². The smallest absolute Gasteiger partial charge is 0.410 e. The molecule has 3 rings (SSSR count). The number of amides is 1. The Hall–Kier alpha value is -3.63. The molecule has 0 radical (unpaired) electrons. The molecule has 1 atom stereocenters. The molecule has 0 unspecified atom stereocenters. The summed E-state index contributed by atoms with van der Waals surface area (Å²) in [5.41, 5.74) is 1.42. The molecule has 0 saturated heterocycles. The number of nitrogens with zero attached hydrogens (tertiary/aromatic N) is 1. The molecule has 0 aliphatic heterocycles. The standard InChI is InChI=1S/C31H42N2O7Si/c1-30(2,3)39-29(38)33(18-21-11-9-20(10-12-21)17-27(36)37)19-25(40-41(7,8)31(4,5)6)22-13-15-24(34)28-23(22)14-16-26(35)32-28/h9-16,25,34H,17-19H2,1-8H3,(H,32,35)(H,36,37)/t25-/m0/s1. The lowest BCUT2D eigenvalue weighted by Crippen LogP contribution is -2.45. The summed E-state index contributed by atoms with van der Waals surface area (Å²) in [6, 6.07) is 13.4. The fraction of sp³-hybridized carbons (Fsp3) is 0.452. The number of aromatic hydroxyl groups is 1. The lowest BCUT2D eigenvalue weighted by molar-refractivity contribution is -0.136. The molecule has 222 valence electrons. The second-order valence-corrected chi connectivity index (χ2v) is 17.7. The zero-order valence-corrected chi connectivity index (χ0v) is 26.2. The predicted octanol–water partition coefficient (Wildman–Crippen LogP) is 6.36. The Morgan fingerprint density at radius 3 is 2.12 bits per heavy atom. The summed E-state index contributed by atoms with van der Waals surface area (Å²) in [4.78, 5) is 41.0. The number of carbonyl (C=O) groups is 2. The molecule has 1 amide bonds. The number of nitrogens with one attached hydrogen (secondary N) is 1. The van der Waals surface area contributed by atoms with Gasteiger partial charge in [0.25, 0.3) is 0 Å². The van der Waals surface area contributed by atoms with Crippen LogP contribution >= 0.6 is 0 Å².